The molecule has 5 heteroatoms. The summed E-state index contributed by atoms with van der Waals surface area (Å²) in [5, 5.41) is 0.353. The first-order valence-corrected chi connectivity index (χ1v) is 5.63. The lowest BCUT2D eigenvalue weighted by Gasteiger charge is -2.04. The fourth-order valence-electron chi connectivity index (χ4n) is 1.66. The Bertz CT molecular complexity index is 655. The topological polar surface area (TPSA) is 65.1 Å². The van der Waals surface area contributed by atoms with Crippen LogP contribution in [0.15, 0.2) is 26.3 Å². The molecule has 0 saturated carbocycles. The molecule has 0 radical (unpaired) electrons. The molecular formula is C12H14N2O3. The molecule has 17 heavy (non-hydrogen) atoms. The Morgan fingerprint density at radius 1 is 1.41 bits per heavy atom. The zero-order valence-corrected chi connectivity index (χ0v) is 9.90. The van der Waals surface area contributed by atoms with Crippen molar-refractivity contribution in [1.82, 2.24) is 9.55 Å². The molecule has 0 unspecified atom stereocenters. The van der Waals surface area contributed by atoms with Crippen LogP contribution in [0.25, 0.3) is 11.1 Å². The average Bonchev–Trinajstić information content (AvgIpc) is 2.26. The molecule has 0 N–H and O–H groups in total. The SMILES string of the molecule is CCCCn1cc2c(=O)cc(C)oc2nc1=O. The van der Waals surface area contributed by atoms with Crippen LogP contribution in [0.4, 0.5) is 0 Å². The summed E-state index contributed by atoms with van der Waals surface area (Å²) in [6.45, 7) is 4.27. The summed E-state index contributed by atoms with van der Waals surface area (Å²) in [4.78, 5) is 27.2. The van der Waals surface area contributed by atoms with Gasteiger partial charge in [-0.25, -0.2) is 4.79 Å². The summed E-state index contributed by atoms with van der Waals surface area (Å²) in [5.74, 6) is 0.459. The molecule has 2 aromatic rings. The lowest BCUT2D eigenvalue weighted by molar-refractivity contribution is 0.540. The summed E-state index contributed by atoms with van der Waals surface area (Å²) in [7, 11) is 0. The van der Waals surface area contributed by atoms with Crippen molar-refractivity contribution in [3.8, 4) is 0 Å². The van der Waals surface area contributed by atoms with E-state index in [0.717, 1.165) is 12.8 Å². The van der Waals surface area contributed by atoms with Gasteiger partial charge in [0.15, 0.2) is 5.43 Å². The quantitative estimate of drug-likeness (QED) is 0.806. The summed E-state index contributed by atoms with van der Waals surface area (Å²) in [6.07, 6.45) is 3.39. The number of aryl methyl sites for hydroxylation is 2. The van der Waals surface area contributed by atoms with Crippen LogP contribution in [0, 0.1) is 6.92 Å². The lowest BCUT2D eigenvalue weighted by Crippen LogP contribution is -2.23. The molecule has 2 aromatic heterocycles. The first-order chi connectivity index (χ1) is 8.11. The van der Waals surface area contributed by atoms with Gasteiger partial charge in [-0.15, -0.1) is 0 Å². The Morgan fingerprint density at radius 2 is 2.18 bits per heavy atom. The van der Waals surface area contributed by atoms with Crippen LogP contribution in [-0.4, -0.2) is 9.55 Å². The monoisotopic (exact) mass is 234 g/mol. The number of unbranched alkanes of at least 4 members (excludes halogenated alkanes) is 1. The smallest absolute Gasteiger partial charge is 0.350 e. The minimum atomic E-state index is -0.375. The van der Waals surface area contributed by atoms with Crippen LogP contribution in [0.5, 0.6) is 0 Å². The molecule has 0 aliphatic heterocycles. The van der Waals surface area contributed by atoms with Crippen molar-refractivity contribution in [2.24, 2.45) is 0 Å². The van der Waals surface area contributed by atoms with Crippen molar-refractivity contribution in [1.29, 1.82) is 0 Å². The number of hydrogen-bond acceptors (Lipinski definition) is 4. The van der Waals surface area contributed by atoms with Crippen molar-refractivity contribution in [3.63, 3.8) is 0 Å². The van der Waals surface area contributed by atoms with Crippen LogP contribution in [-0.2, 0) is 6.54 Å². The Labute approximate surface area is 97.7 Å². The molecule has 0 aliphatic rings. The Morgan fingerprint density at radius 3 is 2.88 bits per heavy atom. The molecule has 2 heterocycles. The van der Waals surface area contributed by atoms with Crippen LogP contribution >= 0.6 is 0 Å². The van der Waals surface area contributed by atoms with E-state index in [9.17, 15) is 9.59 Å². The molecule has 0 atom stereocenters. The predicted octanol–water partition coefficient (Wildman–Crippen LogP) is 1.46. The second-order valence-corrected chi connectivity index (χ2v) is 4.01. The average molecular weight is 234 g/mol. The van der Waals surface area contributed by atoms with Gasteiger partial charge in [-0.05, 0) is 13.3 Å². The fourth-order valence-corrected chi connectivity index (χ4v) is 1.66. The zero-order chi connectivity index (χ0) is 12.4. The summed E-state index contributed by atoms with van der Waals surface area (Å²) in [5.41, 5.74) is -0.422. The summed E-state index contributed by atoms with van der Waals surface area (Å²) < 4.78 is 6.71. The van der Waals surface area contributed by atoms with E-state index in [1.54, 1.807) is 6.92 Å². The maximum Gasteiger partial charge on any atom is 0.350 e. The normalized spacial score (nSPS) is 10.9. The Balaban J connectivity index is 2.64. The van der Waals surface area contributed by atoms with E-state index in [1.165, 1.54) is 16.8 Å². The van der Waals surface area contributed by atoms with Gasteiger partial charge in [-0.2, -0.15) is 4.98 Å². The van der Waals surface area contributed by atoms with Gasteiger partial charge in [0.1, 0.15) is 11.1 Å². The van der Waals surface area contributed by atoms with Gasteiger partial charge in [0.2, 0.25) is 5.71 Å². The summed E-state index contributed by atoms with van der Waals surface area (Å²) in [6, 6.07) is 1.40. The summed E-state index contributed by atoms with van der Waals surface area (Å²) >= 11 is 0. The number of aromatic nitrogens is 2. The molecular weight excluding hydrogens is 220 g/mol. The number of nitrogens with zero attached hydrogens (tertiary/aromatic N) is 2. The zero-order valence-electron chi connectivity index (χ0n) is 9.90. The van der Waals surface area contributed by atoms with Gasteiger partial charge in [0, 0.05) is 18.8 Å². The highest BCUT2D eigenvalue weighted by Crippen LogP contribution is 2.06. The van der Waals surface area contributed by atoms with Gasteiger partial charge >= 0.3 is 5.69 Å². The van der Waals surface area contributed by atoms with Crippen molar-refractivity contribution >= 4 is 11.1 Å². The largest absolute Gasteiger partial charge is 0.443 e. The van der Waals surface area contributed by atoms with Gasteiger partial charge in [0.25, 0.3) is 0 Å². The van der Waals surface area contributed by atoms with Crippen LogP contribution in [0.3, 0.4) is 0 Å². The first-order valence-electron chi connectivity index (χ1n) is 5.63. The van der Waals surface area contributed by atoms with E-state index < -0.39 is 0 Å². The van der Waals surface area contributed by atoms with E-state index in [-0.39, 0.29) is 16.8 Å². The lowest BCUT2D eigenvalue weighted by atomic mass is 10.3. The Hall–Kier alpha value is -1.91. The van der Waals surface area contributed by atoms with Crippen molar-refractivity contribution in [3.05, 3.63) is 38.7 Å². The molecule has 0 aliphatic carbocycles. The molecule has 2 rings (SSSR count). The predicted molar refractivity (Wildman–Crippen MR) is 64.2 cm³/mol. The van der Waals surface area contributed by atoms with Gasteiger partial charge < -0.3 is 4.42 Å². The molecule has 90 valence electrons. The van der Waals surface area contributed by atoms with E-state index in [0.29, 0.717) is 17.7 Å². The van der Waals surface area contributed by atoms with Gasteiger partial charge in [0.05, 0.1) is 0 Å². The number of fused-ring (bicyclic) bond motifs is 1. The molecule has 0 spiro atoms. The maximum atomic E-state index is 11.7. The van der Waals surface area contributed by atoms with Gasteiger partial charge in [-0.1, -0.05) is 13.3 Å². The van der Waals surface area contributed by atoms with Crippen molar-refractivity contribution < 1.29 is 4.42 Å². The third-order valence-corrected chi connectivity index (χ3v) is 2.57. The highest BCUT2D eigenvalue weighted by molar-refractivity contribution is 5.70. The van der Waals surface area contributed by atoms with Crippen molar-refractivity contribution in [2.45, 2.75) is 33.2 Å². The van der Waals surface area contributed by atoms with Gasteiger partial charge in [-0.3, -0.25) is 9.36 Å². The number of rotatable bonds is 3. The highest BCUT2D eigenvalue weighted by atomic mass is 16.3. The molecule has 0 saturated heterocycles. The van der Waals surface area contributed by atoms with E-state index in [1.807, 2.05) is 6.92 Å². The van der Waals surface area contributed by atoms with E-state index in [2.05, 4.69) is 4.98 Å². The standard InChI is InChI=1S/C12H14N2O3/c1-3-4-5-14-7-9-10(15)6-8(2)17-11(9)13-12(14)16/h6-7H,3-5H2,1-2H3. The van der Waals surface area contributed by atoms with Crippen LogP contribution in [0.2, 0.25) is 0 Å². The third kappa shape index (κ3) is 2.27. The van der Waals surface area contributed by atoms with E-state index in [4.69, 9.17) is 4.42 Å². The fraction of sp³-hybridized carbons (Fsp3) is 0.417. The molecule has 5 nitrogen and oxygen atoms in total. The minimum Gasteiger partial charge on any atom is -0.443 e. The molecule has 0 amide bonds. The Kier molecular flexibility index (Phi) is 3.08. The van der Waals surface area contributed by atoms with Crippen LogP contribution in [0.1, 0.15) is 25.5 Å². The van der Waals surface area contributed by atoms with E-state index >= 15 is 0 Å². The minimum absolute atomic E-state index is 0.118. The van der Waals surface area contributed by atoms with Crippen LogP contribution < -0.4 is 11.1 Å². The highest BCUT2D eigenvalue weighted by Gasteiger charge is 2.07. The maximum absolute atomic E-state index is 11.7. The molecule has 0 aromatic carbocycles. The second kappa shape index (κ2) is 4.53. The molecule has 0 bridgehead atoms. The van der Waals surface area contributed by atoms with Crippen molar-refractivity contribution in [2.75, 3.05) is 0 Å². The second-order valence-electron chi connectivity index (χ2n) is 4.01. The molecule has 0 fully saturated rings. The number of hydrogen-bond donors (Lipinski definition) is 0. The first kappa shape index (κ1) is 11.6. The third-order valence-electron chi connectivity index (χ3n) is 2.57.